The fourth-order valence-electron chi connectivity index (χ4n) is 1.83. The van der Waals surface area contributed by atoms with Gasteiger partial charge in [-0.15, -0.1) is 0 Å². The standard InChI is InChI=1S/C12H14N2O3/c1-14-7-10(15)13-11(12(14)16)8-4-3-5-9(6-8)17-2/h3-6,11H,7H2,1-2H3,(H,13,15)/t11-/m1/s1. The van der Waals surface area contributed by atoms with Crippen molar-refractivity contribution in [2.45, 2.75) is 6.04 Å². The number of hydrogen-bond donors (Lipinski definition) is 1. The Bertz CT molecular complexity index is 459. The first-order valence-electron chi connectivity index (χ1n) is 5.30. The molecule has 1 atom stereocenters. The average molecular weight is 234 g/mol. The Kier molecular flexibility index (Phi) is 2.99. The van der Waals surface area contributed by atoms with E-state index in [9.17, 15) is 9.59 Å². The van der Waals surface area contributed by atoms with E-state index in [0.29, 0.717) is 5.75 Å². The Hall–Kier alpha value is -2.04. The summed E-state index contributed by atoms with van der Waals surface area (Å²) in [6, 6.07) is 6.52. The molecule has 5 heteroatoms. The van der Waals surface area contributed by atoms with Crippen molar-refractivity contribution in [1.29, 1.82) is 0 Å². The number of rotatable bonds is 2. The first-order chi connectivity index (χ1) is 8.11. The SMILES string of the molecule is COc1cccc([C@H]2NC(=O)CN(C)C2=O)c1. The van der Waals surface area contributed by atoms with E-state index in [1.165, 1.54) is 4.90 Å². The summed E-state index contributed by atoms with van der Waals surface area (Å²) in [5.74, 6) is 0.399. The van der Waals surface area contributed by atoms with Crippen LogP contribution in [0.1, 0.15) is 11.6 Å². The first kappa shape index (κ1) is 11.4. The number of amides is 2. The van der Waals surface area contributed by atoms with Crippen LogP contribution in [-0.4, -0.2) is 37.4 Å². The van der Waals surface area contributed by atoms with Gasteiger partial charge in [-0.1, -0.05) is 12.1 Å². The lowest BCUT2D eigenvalue weighted by atomic mass is 10.0. The number of nitrogens with zero attached hydrogens (tertiary/aromatic N) is 1. The minimum atomic E-state index is -0.614. The summed E-state index contributed by atoms with van der Waals surface area (Å²) in [6.45, 7) is 0.110. The van der Waals surface area contributed by atoms with Gasteiger partial charge in [0.25, 0.3) is 0 Å². The topological polar surface area (TPSA) is 58.6 Å². The maximum Gasteiger partial charge on any atom is 0.250 e. The molecule has 1 N–H and O–H groups in total. The average Bonchev–Trinajstić information content (AvgIpc) is 2.34. The number of hydrogen-bond acceptors (Lipinski definition) is 3. The Labute approximate surface area is 99.4 Å². The molecule has 0 unspecified atom stereocenters. The van der Waals surface area contributed by atoms with Gasteiger partial charge >= 0.3 is 0 Å². The molecule has 90 valence electrons. The van der Waals surface area contributed by atoms with Crippen molar-refractivity contribution in [3.8, 4) is 5.75 Å². The van der Waals surface area contributed by atoms with Crippen LogP contribution >= 0.6 is 0 Å². The second-order valence-corrected chi connectivity index (χ2v) is 3.97. The highest BCUT2D eigenvalue weighted by atomic mass is 16.5. The van der Waals surface area contributed by atoms with Crippen LogP contribution < -0.4 is 10.1 Å². The van der Waals surface area contributed by atoms with Gasteiger partial charge in [0.1, 0.15) is 11.8 Å². The lowest BCUT2D eigenvalue weighted by molar-refractivity contribution is -0.143. The van der Waals surface area contributed by atoms with Crippen LogP contribution in [0.15, 0.2) is 24.3 Å². The summed E-state index contributed by atoms with van der Waals surface area (Å²) in [5.41, 5.74) is 0.731. The number of carbonyl (C=O) groups excluding carboxylic acids is 2. The lowest BCUT2D eigenvalue weighted by Crippen LogP contribution is -2.51. The summed E-state index contributed by atoms with van der Waals surface area (Å²) < 4.78 is 5.10. The molecule has 0 saturated carbocycles. The molecule has 1 aromatic carbocycles. The molecule has 0 aromatic heterocycles. The number of nitrogens with one attached hydrogen (secondary N) is 1. The quantitative estimate of drug-likeness (QED) is 0.802. The Morgan fingerprint density at radius 2 is 2.18 bits per heavy atom. The van der Waals surface area contributed by atoms with Gasteiger partial charge in [-0.2, -0.15) is 0 Å². The van der Waals surface area contributed by atoms with Crippen molar-refractivity contribution >= 4 is 11.8 Å². The van der Waals surface area contributed by atoms with Crippen LogP contribution in [0.25, 0.3) is 0 Å². The molecule has 0 spiro atoms. The smallest absolute Gasteiger partial charge is 0.250 e. The third-order valence-corrected chi connectivity index (χ3v) is 2.74. The van der Waals surface area contributed by atoms with E-state index < -0.39 is 6.04 Å². The molecule has 0 aliphatic carbocycles. The highest BCUT2D eigenvalue weighted by Crippen LogP contribution is 2.22. The van der Waals surface area contributed by atoms with E-state index in [-0.39, 0.29) is 18.4 Å². The molecule has 0 radical (unpaired) electrons. The highest BCUT2D eigenvalue weighted by molar-refractivity contribution is 5.95. The second-order valence-electron chi connectivity index (χ2n) is 3.97. The van der Waals surface area contributed by atoms with Crippen LogP contribution in [-0.2, 0) is 9.59 Å². The molecule has 1 heterocycles. The van der Waals surface area contributed by atoms with Crippen LogP contribution in [0, 0.1) is 0 Å². The van der Waals surface area contributed by atoms with E-state index in [2.05, 4.69) is 5.32 Å². The number of benzene rings is 1. The van der Waals surface area contributed by atoms with Crippen LogP contribution in [0.2, 0.25) is 0 Å². The van der Waals surface area contributed by atoms with Gasteiger partial charge in [0.15, 0.2) is 0 Å². The van der Waals surface area contributed by atoms with Crippen molar-refractivity contribution in [3.63, 3.8) is 0 Å². The molecular weight excluding hydrogens is 220 g/mol. The monoisotopic (exact) mass is 234 g/mol. The third kappa shape index (κ3) is 2.22. The molecule has 1 aliphatic heterocycles. The van der Waals surface area contributed by atoms with Crippen molar-refractivity contribution in [3.05, 3.63) is 29.8 Å². The highest BCUT2D eigenvalue weighted by Gasteiger charge is 2.31. The summed E-state index contributed by atoms with van der Waals surface area (Å²) >= 11 is 0. The van der Waals surface area contributed by atoms with Gasteiger partial charge in [-0.05, 0) is 17.7 Å². The summed E-state index contributed by atoms with van der Waals surface area (Å²) in [7, 11) is 3.18. The van der Waals surface area contributed by atoms with E-state index in [1.807, 2.05) is 0 Å². The zero-order chi connectivity index (χ0) is 12.4. The number of likely N-dealkylation sites (N-methyl/N-ethyl adjacent to an activating group) is 1. The Morgan fingerprint density at radius 1 is 1.41 bits per heavy atom. The summed E-state index contributed by atoms with van der Waals surface area (Å²) in [6.07, 6.45) is 0. The molecule has 1 aliphatic rings. The summed E-state index contributed by atoms with van der Waals surface area (Å²) in [5, 5.41) is 2.68. The van der Waals surface area contributed by atoms with Crippen molar-refractivity contribution < 1.29 is 14.3 Å². The van der Waals surface area contributed by atoms with Crippen molar-refractivity contribution in [2.75, 3.05) is 20.7 Å². The molecule has 17 heavy (non-hydrogen) atoms. The van der Waals surface area contributed by atoms with E-state index in [0.717, 1.165) is 5.56 Å². The predicted octanol–water partition coefficient (Wildman–Crippen LogP) is 0.324. The fourth-order valence-corrected chi connectivity index (χ4v) is 1.83. The van der Waals surface area contributed by atoms with Crippen LogP contribution in [0.4, 0.5) is 0 Å². The van der Waals surface area contributed by atoms with Crippen LogP contribution in [0.3, 0.4) is 0 Å². The predicted molar refractivity (Wildman–Crippen MR) is 61.5 cm³/mol. The van der Waals surface area contributed by atoms with Gasteiger partial charge in [-0.25, -0.2) is 0 Å². The number of carbonyl (C=O) groups is 2. The van der Waals surface area contributed by atoms with E-state index >= 15 is 0 Å². The molecule has 1 fully saturated rings. The lowest BCUT2D eigenvalue weighted by Gasteiger charge is -2.30. The third-order valence-electron chi connectivity index (χ3n) is 2.74. The molecule has 1 saturated heterocycles. The zero-order valence-electron chi connectivity index (χ0n) is 9.77. The Morgan fingerprint density at radius 3 is 2.88 bits per heavy atom. The van der Waals surface area contributed by atoms with E-state index in [1.54, 1.807) is 38.4 Å². The van der Waals surface area contributed by atoms with E-state index in [4.69, 9.17) is 4.74 Å². The second kappa shape index (κ2) is 4.45. The largest absolute Gasteiger partial charge is 0.497 e. The van der Waals surface area contributed by atoms with Gasteiger partial charge in [0.05, 0.1) is 13.7 Å². The minimum absolute atomic E-state index is 0.110. The van der Waals surface area contributed by atoms with Crippen molar-refractivity contribution in [1.82, 2.24) is 10.2 Å². The van der Waals surface area contributed by atoms with Gasteiger partial charge < -0.3 is 15.0 Å². The number of methoxy groups -OCH3 is 1. The first-order valence-corrected chi connectivity index (χ1v) is 5.30. The fraction of sp³-hybridized carbons (Fsp3) is 0.333. The number of ether oxygens (including phenoxy) is 1. The molecule has 2 rings (SSSR count). The number of piperazine rings is 1. The molecular formula is C12H14N2O3. The van der Waals surface area contributed by atoms with Gasteiger partial charge in [0, 0.05) is 7.05 Å². The van der Waals surface area contributed by atoms with Gasteiger partial charge in [0.2, 0.25) is 11.8 Å². The van der Waals surface area contributed by atoms with Gasteiger partial charge in [-0.3, -0.25) is 9.59 Å². The maximum absolute atomic E-state index is 11.9. The normalized spacial score (nSPS) is 20.1. The molecule has 0 bridgehead atoms. The minimum Gasteiger partial charge on any atom is -0.497 e. The van der Waals surface area contributed by atoms with Crippen molar-refractivity contribution in [2.24, 2.45) is 0 Å². The molecule has 2 amide bonds. The summed E-state index contributed by atoms with van der Waals surface area (Å²) in [4.78, 5) is 24.8. The molecule has 5 nitrogen and oxygen atoms in total. The maximum atomic E-state index is 11.9. The zero-order valence-corrected chi connectivity index (χ0v) is 9.77. The molecule has 1 aromatic rings. The van der Waals surface area contributed by atoms with Crippen LogP contribution in [0.5, 0.6) is 5.75 Å². The Balaban J connectivity index is 2.31.